The summed E-state index contributed by atoms with van der Waals surface area (Å²) in [6, 6.07) is 5.23. The van der Waals surface area contributed by atoms with Gasteiger partial charge in [-0.25, -0.2) is 4.98 Å². The minimum Gasteiger partial charge on any atom is -0.370 e. The van der Waals surface area contributed by atoms with Gasteiger partial charge < -0.3 is 16.0 Å². The van der Waals surface area contributed by atoms with Crippen molar-refractivity contribution in [2.45, 2.75) is 33.2 Å². The Kier molecular flexibility index (Phi) is 6.49. The summed E-state index contributed by atoms with van der Waals surface area (Å²) in [6.45, 7) is 6.53. The molecule has 0 aliphatic carbocycles. The summed E-state index contributed by atoms with van der Waals surface area (Å²) in [5.74, 6) is 0.0869. The molecular weight excluding hydrogens is 256 g/mol. The number of anilines is 1. The van der Waals surface area contributed by atoms with Crippen molar-refractivity contribution in [3.8, 4) is 0 Å². The number of carbonyl (C=O) groups is 2. The first-order chi connectivity index (χ1) is 9.52. The number of amides is 2. The zero-order valence-electron chi connectivity index (χ0n) is 12.2. The van der Waals surface area contributed by atoms with Gasteiger partial charge >= 0.3 is 0 Å². The molecule has 1 aromatic heterocycles. The molecule has 0 radical (unpaired) electrons. The van der Waals surface area contributed by atoms with Crippen LogP contribution in [0.5, 0.6) is 0 Å². The average Bonchev–Trinajstić information content (AvgIpc) is 2.42. The average molecular weight is 278 g/mol. The molecule has 2 amide bonds. The largest absolute Gasteiger partial charge is 0.370 e. The molecule has 1 rings (SSSR count). The van der Waals surface area contributed by atoms with E-state index in [0.29, 0.717) is 11.5 Å². The third-order valence-electron chi connectivity index (χ3n) is 2.40. The van der Waals surface area contributed by atoms with Gasteiger partial charge in [-0.1, -0.05) is 13.0 Å². The van der Waals surface area contributed by atoms with Gasteiger partial charge in [-0.05, 0) is 32.4 Å². The SMILES string of the molecule is CCCNc1cccc(C(=O)NCC(=O)NC(C)C)n1. The van der Waals surface area contributed by atoms with Crippen LogP contribution in [-0.4, -0.2) is 35.9 Å². The first kappa shape index (κ1) is 15.9. The fraction of sp³-hybridized carbons (Fsp3) is 0.500. The van der Waals surface area contributed by atoms with Crippen molar-refractivity contribution in [1.29, 1.82) is 0 Å². The standard InChI is InChI=1S/C14H22N4O2/c1-4-8-15-12-7-5-6-11(18-12)14(20)16-9-13(19)17-10(2)3/h5-7,10H,4,8-9H2,1-3H3,(H,15,18)(H,16,20)(H,17,19). The lowest BCUT2D eigenvalue weighted by Gasteiger charge is -2.09. The van der Waals surface area contributed by atoms with E-state index in [-0.39, 0.29) is 24.4 Å². The van der Waals surface area contributed by atoms with E-state index >= 15 is 0 Å². The van der Waals surface area contributed by atoms with Gasteiger partial charge in [0.1, 0.15) is 11.5 Å². The molecule has 20 heavy (non-hydrogen) atoms. The number of aromatic nitrogens is 1. The van der Waals surface area contributed by atoms with Gasteiger partial charge in [-0.3, -0.25) is 9.59 Å². The lowest BCUT2D eigenvalue weighted by Crippen LogP contribution is -2.40. The number of pyridine rings is 1. The van der Waals surface area contributed by atoms with Gasteiger partial charge in [0.2, 0.25) is 5.91 Å². The summed E-state index contributed by atoms with van der Waals surface area (Å²) >= 11 is 0. The van der Waals surface area contributed by atoms with Crippen LogP contribution in [0.3, 0.4) is 0 Å². The van der Waals surface area contributed by atoms with Crippen LogP contribution >= 0.6 is 0 Å². The monoisotopic (exact) mass is 278 g/mol. The van der Waals surface area contributed by atoms with Crippen LogP contribution in [-0.2, 0) is 4.79 Å². The van der Waals surface area contributed by atoms with Crippen molar-refractivity contribution < 1.29 is 9.59 Å². The third-order valence-corrected chi connectivity index (χ3v) is 2.40. The van der Waals surface area contributed by atoms with E-state index in [1.807, 2.05) is 13.8 Å². The molecule has 0 unspecified atom stereocenters. The van der Waals surface area contributed by atoms with E-state index in [9.17, 15) is 9.59 Å². The molecule has 0 saturated heterocycles. The van der Waals surface area contributed by atoms with Crippen LogP contribution in [0.2, 0.25) is 0 Å². The quantitative estimate of drug-likeness (QED) is 0.699. The van der Waals surface area contributed by atoms with E-state index in [2.05, 4.69) is 27.9 Å². The molecule has 110 valence electrons. The molecule has 6 nitrogen and oxygen atoms in total. The highest BCUT2D eigenvalue weighted by atomic mass is 16.2. The maximum absolute atomic E-state index is 11.9. The van der Waals surface area contributed by atoms with Crippen molar-refractivity contribution >= 4 is 17.6 Å². The van der Waals surface area contributed by atoms with E-state index in [1.54, 1.807) is 18.2 Å². The molecule has 0 saturated carbocycles. The van der Waals surface area contributed by atoms with Crippen molar-refractivity contribution in [3.63, 3.8) is 0 Å². The molecule has 1 aromatic rings. The lowest BCUT2D eigenvalue weighted by atomic mass is 10.3. The van der Waals surface area contributed by atoms with Crippen LogP contribution in [0.4, 0.5) is 5.82 Å². The van der Waals surface area contributed by atoms with Crippen LogP contribution in [0.15, 0.2) is 18.2 Å². The van der Waals surface area contributed by atoms with E-state index in [0.717, 1.165) is 13.0 Å². The Hall–Kier alpha value is -2.11. The highest BCUT2D eigenvalue weighted by Crippen LogP contribution is 2.04. The zero-order valence-corrected chi connectivity index (χ0v) is 12.2. The first-order valence-electron chi connectivity index (χ1n) is 6.81. The molecule has 0 atom stereocenters. The van der Waals surface area contributed by atoms with Crippen molar-refractivity contribution in [2.75, 3.05) is 18.4 Å². The highest BCUT2D eigenvalue weighted by molar-refractivity contribution is 5.95. The number of carbonyl (C=O) groups excluding carboxylic acids is 2. The summed E-state index contributed by atoms with van der Waals surface area (Å²) in [6.07, 6.45) is 0.980. The second-order valence-corrected chi connectivity index (χ2v) is 4.74. The molecule has 3 N–H and O–H groups in total. The Morgan fingerprint density at radius 2 is 2.05 bits per heavy atom. The number of hydrogen-bond acceptors (Lipinski definition) is 4. The normalized spacial score (nSPS) is 10.2. The second kappa shape index (κ2) is 8.14. The fourth-order valence-electron chi connectivity index (χ4n) is 1.54. The van der Waals surface area contributed by atoms with E-state index < -0.39 is 0 Å². The molecule has 6 heteroatoms. The Labute approximate surface area is 119 Å². The molecule has 0 aromatic carbocycles. The molecule has 1 heterocycles. The maximum atomic E-state index is 11.9. The molecular formula is C14H22N4O2. The van der Waals surface area contributed by atoms with Gasteiger partial charge in [0.25, 0.3) is 5.91 Å². The highest BCUT2D eigenvalue weighted by Gasteiger charge is 2.10. The smallest absolute Gasteiger partial charge is 0.270 e. The predicted octanol–water partition coefficient (Wildman–Crippen LogP) is 1.16. The van der Waals surface area contributed by atoms with Crippen molar-refractivity contribution in [3.05, 3.63) is 23.9 Å². The number of nitrogens with zero attached hydrogens (tertiary/aromatic N) is 1. The van der Waals surface area contributed by atoms with Gasteiger partial charge in [-0.2, -0.15) is 0 Å². The zero-order chi connectivity index (χ0) is 15.0. The fourth-order valence-corrected chi connectivity index (χ4v) is 1.54. The lowest BCUT2D eigenvalue weighted by molar-refractivity contribution is -0.120. The Balaban J connectivity index is 2.52. The molecule has 0 bridgehead atoms. The van der Waals surface area contributed by atoms with Crippen molar-refractivity contribution in [2.24, 2.45) is 0 Å². The van der Waals surface area contributed by atoms with E-state index in [4.69, 9.17) is 0 Å². The Bertz CT molecular complexity index is 460. The summed E-state index contributed by atoms with van der Waals surface area (Å²) in [7, 11) is 0. The van der Waals surface area contributed by atoms with Crippen LogP contribution in [0.25, 0.3) is 0 Å². The first-order valence-corrected chi connectivity index (χ1v) is 6.81. The summed E-state index contributed by atoms with van der Waals surface area (Å²) in [4.78, 5) is 27.5. The Morgan fingerprint density at radius 1 is 1.30 bits per heavy atom. The number of rotatable bonds is 7. The minimum atomic E-state index is -0.357. The van der Waals surface area contributed by atoms with Crippen molar-refractivity contribution in [1.82, 2.24) is 15.6 Å². The Morgan fingerprint density at radius 3 is 2.70 bits per heavy atom. The van der Waals surface area contributed by atoms with Gasteiger partial charge in [0.15, 0.2) is 0 Å². The van der Waals surface area contributed by atoms with E-state index in [1.165, 1.54) is 0 Å². The van der Waals surface area contributed by atoms with Crippen LogP contribution < -0.4 is 16.0 Å². The minimum absolute atomic E-state index is 0.0503. The predicted molar refractivity (Wildman–Crippen MR) is 78.6 cm³/mol. The number of nitrogens with one attached hydrogen (secondary N) is 3. The molecule has 0 aliphatic rings. The molecule has 0 fully saturated rings. The second-order valence-electron chi connectivity index (χ2n) is 4.74. The van der Waals surface area contributed by atoms with Gasteiger partial charge in [0.05, 0.1) is 6.54 Å². The third kappa shape index (κ3) is 5.69. The van der Waals surface area contributed by atoms with Crippen LogP contribution in [0, 0.1) is 0 Å². The molecule has 0 spiro atoms. The van der Waals surface area contributed by atoms with Gasteiger partial charge in [0, 0.05) is 12.6 Å². The maximum Gasteiger partial charge on any atom is 0.270 e. The summed E-state index contributed by atoms with van der Waals surface area (Å²) in [5.41, 5.74) is 0.295. The summed E-state index contributed by atoms with van der Waals surface area (Å²) < 4.78 is 0. The summed E-state index contributed by atoms with van der Waals surface area (Å²) in [5, 5.41) is 8.36. The van der Waals surface area contributed by atoms with Crippen LogP contribution in [0.1, 0.15) is 37.7 Å². The number of hydrogen-bond donors (Lipinski definition) is 3. The molecule has 0 aliphatic heterocycles. The topological polar surface area (TPSA) is 83.1 Å². The van der Waals surface area contributed by atoms with Gasteiger partial charge in [-0.15, -0.1) is 0 Å².